The second-order valence-corrected chi connectivity index (χ2v) is 5.27. The molecule has 0 spiro atoms. The molecular formula is C15H16FN3O2. The molecule has 1 aromatic carbocycles. The quantitative estimate of drug-likeness (QED) is 0.869. The van der Waals surface area contributed by atoms with Crippen molar-refractivity contribution in [3.8, 4) is 0 Å². The Bertz CT molecular complexity index is 769. The summed E-state index contributed by atoms with van der Waals surface area (Å²) in [5.41, 5.74) is -0.166. The van der Waals surface area contributed by atoms with Crippen molar-refractivity contribution >= 4 is 16.8 Å². The molecule has 21 heavy (non-hydrogen) atoms. The molecule has 1 amide bonds. The number of rotatable bonds is 1. The number of halogens is 1. The summed E-state index contributed by atoms with van der Waals surface area (Å²) in [6.45, 7) is 2.28. The third kappa shape index (κ3) is 2.30. The molecule has 6 heteroatoms. The first-order valence-corrected chi connectivity index (χ1v) is 7.04. The number of carbonyl (C=O) groups excluding carboxylic acids is 1. The van der Waals surface area contributed by atoms with E-state index in [1.54, 1.807) is 13.0 Å². The molecule has 0 radical (unpaired) electrons. The zero-order valence-electron chi connectivity index (χ0n) is 11.7. The van der Waals surface area contributed by atoms with Crippen molar-refractivity contribution in [1.82, 2.24) is 14.9 Å². The highest BCUT2D eigenvalue weighted by molar-refractivity contribution is 5.82. The van der Waals surface area contributed by atoms with Crippen LogP contribution in [0.1, 0.15) is 31.1 Å². The molecule has 110 valence electrons. The van der Waals surface area contributed by atoms with Crippen molar-refractivity contribution in [2.24, 2.45) is 0 Å². The summed E-state index contributed by atoms with van der Waals surface area (Å²) in [5.74, 6) is -0.372. The number of aromatic nitrogens is 2. The van der Waals surface area contributed by atoms with E-state index >= 15 is 0 Å². The SMILES string of the molecule is Cc1nc2cccc(F)c2c(=O)n1C1CCCCNC1=O. The Morgan fingerprint density at radius 3 is 2.95 bits per heavy atom. The fraction of sp³-hybridized carbons (Fsp3) is 0.400. The van der Waals surface area contributed by atoms with Crippen LogP contribution in [0.5, 0.6) is 0 Å². The van der Waals surface area contributed by atoms with E-state index in [9.17, 15) is 14.0 Å². The number of nitrogens with zero attached hydrogens (tertiary/aromatic N) is 2. The van der Waals surface area contributed by atoms with Crippen LogP contribution >= 0.6 is 0 Å². The zero-order chi connectivity index (χ0) is 15.0. The molecule has 2 aromatic rings. The molecule has 1 saturated heterocycles. The Balaban J connectivity index is 2.25. The van der Waals surface area contributed by atoms with Gasteiger partial charge >= 0.3 is 0 Å². The monoisotopic (exact) mass is 289 g/mol. The molecule has 1 atom stereocenters. The van der Waals surface area contributed by atoms with Crippen molar-refractivity contribution in [1.29, 1.82) is 0 Å². The van der Waals surface area contributed by atoms with Gasteiger partial charge in [-0.3, -0.25) is 14.2 Å². The molecular weight excluding hydrogens is 273 g/mol. The molecule has 1 aliphatic heterocycles. The van der Waals surface area contributed by atoms with Crippen LogP contribution in [0.25, 0.3) is 10.9 Å². The van der Waals surface area contributed by atoms with Crippen molar-refractivity contribution in [3.05, 3.63) is 40.2 Å². The largest absolute Gasteiger partial charge is 0.354 e. The predicted molar refractivity (Wildman–Crippen MR) is 76.6 cm³/mol. The standard InChI is InChI=1S/C15H16FN3O2/c1-9-18-11-6-4-5-10(16)13(11)15(21)19(9)12-7-2-3-8-17-14(12)20/h4-6,12H,2-3,7-8H2,1H3,(H,17,20). The Hall–Kier alpha value is -2.24. The van der Waals surface area contributed by atoms with Crippen LogP contribution in [-0.2, 0) is 4.79 Å². The highest BCUT2D eigenvalue weighted by Crippen LogP contribution is 2.20. The number of nitrogens with one attached hydrogen (secondary N) is 1. The summed E-state index contributed by atoms with van der Waals surface area (Å²) < 4.78 is 15.3. The number of amides is 1. The predicted octanol–water partition coefficient (Wildman–Crippen LogP) is 1.69. The first kappa shape index (κ1) is 13.7. The van der Waals surface area contributed by atoms with Gasteiger partial charge in [0.05, 0.1) is 5.52 Å². The van der Waals surface area contributed by atoms with E-state index in [-0.39, 0.29) is 11.3 Å². The fourth-order valence-corrected chi connectivity index (χ4v) is 2.85. The highest BCUT2D eigenvalue weighted by Gasteiger charge is 2.26. The molecule has 0 bridgehead atoms. The zero-order valence-corrected chi connectivity index (χ0v) is 11.7. The maximum absolute atomic E-state index is 13.9. The third-order valence-corrected chi connectivity index (χ3v) is 3.87. The topological polar surface area (TPSA) is 64.0 Å². The smallest absolute Gasteiger partial charge is 0.265 e. The Morgan fingerprint density at radius 1 is 1.33 bits per heavy atom. The number of hydrogen-bond acceptors (Lipinski definition) is 3. The number of aryl methyl sites for hydroxylation is 1. The summed E-state index contributed by atoms with van der Waals surface area (Å²) in [6, 6.07) is 3.74. The Kier molecular flexibility index (Phi) is 3.45. The van der Waals surface area contributed by atoms with Gasteiger partial charge < -0.3 is 5.32 Å². The fourth-order valence-electron chi connectivity index (χ4n) is 2.85. The van der Waals surface area contributed by atoms with Crippen molar-refractivity contribution in [3.63, 3.8) is 0 Å². The van der Waals surface area contributed by atoms with Gasteiger partial charge in [-0.25, -0.2) is 9.37 Å². The molecule has 1 aromatic heterocycles. The number of fused-ring (bicyclic) bond motifs is 1. The van der Waals surface area contributed by atoms with E-state index in [4.69, 9.17) is 0 Å². The second-order valence-electron chi connectivity index (χ2n) is 5.27. The summed E-state index contributed by atoms with van der Waals surface area (Å²) in [7, 11) is 0. The van der Waals surface area contributed by atoms with E-state index in [1.165, 1.54) is 16.7 Å². The molecule has 1 fully saturated rings. The van der Waals surface area contributed by atoms with Gasteiger partial charge in [-0.1, -0.05) is 6.07 Å². The lowest BCUT2D eigenvalue weighted by molar-refractivity contribution is -0.124. The number of benzene rings is 1. The van der Waals surface area contributed by atoms with E-state index in [0.717, 1.165) is 12.8 Å². The maximum Gasteiger partial charge on any atom is 0.265 e. The molecule has 2 heterocycles. The molecule has 5 nitrogen and oxygen atoms in total. The lowest BCUT2D eigenvalue weighted by Crippen LogP contribution is -2.37. The normalized spacial score (nSPS) is 19.3. The highest BCUT2D eigenvalue weighted by atomic mass is 19.1. The summed E-state index contributed by atoms with van der Waals surface area (Å²) in [4.78, 5) is 29.1. The van der Waals surface area contributed by atoms with E-state index in [0.29, 0.717) is 24.3 Å². The summed E-state index contributed by atoms with van der Waals surface area (Å²) in [5, 5.41) is 2.73. The van der Waals surface area contributed by atoms with E-state index in [2.05, 4.69) is 10.3 Å². The van der Waals surface area contributed by atoms with Gasteiger partial charge in [-0.05, 0) is 38.3 Å². The van der Waals surface area contributed by atoms with Crippen molar-refractivity contribution in [2.45, 2.75) is 32.2 Å². The van der Waals surface area contributed by atoms with Crippen LogP contribution in [-0.4, -0.2) is 22.0 Å². The Morgan fingerprint density at radius 2 is 2.14 bits per heavy atom. The minimum absolute atomic E-state index is 0.0554. The van der Waals surface area contributed by atoms with Crippen molar-refractivity contribution in [2.75, 3.05) is 6.54 Å². The van der Waals surface area contributed by atoms with Gasteiger partial charge in [-0.2, -0.15) is 0 Å². The minimum atomic E-state index is -0.614. The Labute approximate surface area is 120 Å². The van der Waals surface area contributed by atoms with Crippen LogP contribution in [0.4, 0.5) is 4.39 Å². The summed E-state index contributed by atoms with van der Waals surface area (Å²) >= 11 is 0. The molecule has 1 N–H and O–H groups in total. The van der Waals surface area contributed by atoms with Crippen LogP contribution < -0.4 is 10.9 Å². The van der Waals surface area contributed by atoms with Crippen LogP contribution in [0.3, 0.4) is 0 Å². The molecule has 0 aliphatic carbocycles. The van der Waals surface area contributed by atoms with Crippen LogP contribution in [0.2, 0.25) is 0 Å². The maximum atomic E-state index is 13.9. The lowest BCUT2D eigenvalue weighted by Gasteiger charge is -2.19. The number of hydrogen-bond donors (Lipinski definition) is 1. The van der Waals surface area contributed by atoms with E-state index < -0.39 is 17.4 Å². The van der Waals surface area contributed by atoms with Gasteiger partial charge in [0.2, 0.25) is 5.91 Å². The van der Waals surface area contributed by atoms with E-state index in [1.807, 2.05) is 0 Å². The third-order valence-electron chi connectivity index (χ3n) is 3.87. The number of carbonyl (C=O) groups is 1. The van der Waals surface area contributed by atoms with Gasteiger partial charge in [0.25, 0.3) is 5.56 Å². The minimum Gasteiger partial charge on any atom is -0.354 e. The van der Waals surface area contributed by atoms with Crippen molar-refractivity contribution < 1.29 is 9.18 Å². The molecule has 0 saturated carbocycles. The van der Waals surface area contributed by atoms with Crippen LogP contribution in [0.15, 0.2) is 23.0 Å². The average Bonchev–Trinajstić information content (AvgIpc) is 2.64. The van der Waals surface area contributed by atoms with Gasteiger partial charge in [0, 0.05) is 6.54 Å². The molecule has 3 rings (SSSR count). The molecule has 1 aliphatic rings. The average molecular weight is 289 g/mol. The van der Waals surface area contributed by atoms with Gasteiger partial charge in [-0.15, -0.1) is 0 Å². The van der Waals surface area contributed by atoms with Gasteiger partial charge in [0.1, 0.15) is 23.1 Å². The first-order valence-electron chi connectivity index (χ1n) is 7.04. The first-order chi connectivity index (χ1) is 10.1. The second kappa shape index (κ2) is 5.27. The van der Waals surface area contributed by atoms with Gasteiger partial charge in [0.15, 0.2) is 0 Å². The van der Waals surface area contributed by atoms with Crippen LogP contribution in [0, 0.1) is 12.7 Å². The summed E-state index contributed by atoms with van der Waals surface area (Å²) in [6.07, 6.45) is 2.28. The molecule has 1 unspecified atom stereocenters. The lowest BCUT2D eigenvalue weighted by atomic mass is 10.1.